The smallest absolute Gasteiger partial charge is 0.225 e. The first-order chi connectivity index (χ1) is 15.1. The molecule has 3 aromatic heterocycles. The number of hydrogen-bond donors (Lipinski definition) is 2. The molecule has 0 radical (unpaired) electrons. The minimum atomic E-state index is -0.233. The number of carbonyl (C=O) groups excluding carboxylic acids is 1. The van der Waals surface area contributed by atoms with E-state index in [1.165, 1.54) is 0 Å². The number of amides is 1. The quantitative estimate of drug-likeness (QED) is 0.416. The second-order valence-corrected chi connectivity index (χ2v) is 8.67. The third-order valence-electron chi connectivity index (χ3n) is 5.13. The second kappa shape index (κ2) is 9.53. The standard InChI is InChI=1S/C22H23ClN6OS/c1-14-17(21(27-25-14)15-6-8-16(23)9-7-15)13-20(30)24-18(10-12-31-2)22-28-26-19-5-3-4-11-29(19)22/h3-9,11,18H,10,12-13H2,1-2H3,(H,24,30)(H,25,27)/t18-/m0/s1. The number of aromatic amines is 1. The molecule has 0 saturated carbocycles. The minimum Gasteiger partial charge on any atom is -0.346 e. The first-order valence-corrected chi connectivity index (χ1v) is 11.7. The number of aryl methyl sites for hydroxylation is 1. The zero-order valence-electron chi connectivity index (χ0n) is 17.3. The molecule has 31 heavy (non-hydrogen) atoms. The number of H-pyrrole nitrogens is 1. The molecule has 4 aromatic rings. The molecule has 1 atom stereocenters. The minimum absolute atomic E-state index is 0.0847. The number of thioether (sulfide) groups is 1. The number of aromatic nitrogens is 5. The fourth-order valence-electron chi connectivity index (χ4n) is 3.52. The van der Waals surface area contributed by atoms with Crippen molar-refractivity contribution in [2.75, 3.05) is 12.0 Å². The highest BCUT2D eigenvalue weighted by atomic mass is 35.5. The van der Waals surface area contributed by atoms with E-state index in [0.717, 1.165) is 46.2 Å². The summed E-state index contributed by atoms with van der Waals surface area (Å²) in [7, 11) is 0. The molecule has 0 saturated heterocycles. The highest BCUT2D eigenvalue weighted by Gasteiger charge is 2.22. The maximum Gasteiger partial charge on any atom is 0.225 e. The van der Waals surface area contributed by atoms with Crippen molar-refractivity contribution in [1.29, 1.82) is 0 Å². The van der Waals surface area contributed by atoms with Gasteiger partial charge in [-0.25, -0.2) is 0 Å². The largest absolute Gasteiger partial charge is 0.346 e. The fourth-order valence-corrected chi connectivity index (χ4v) is 4.12. The monoisotopic (exact) mass is 454 g/mol. The van der Waals surface area contributed by atoms with Crippen LogP contribution in [0.15, 0.2) is 48.7 Å². The van der Waals surface area contributed by atoms with Gasteiger partial charge in [-0.3, -0.25) is 14.3 Å². The first kappa shape index (κ1) is 21.4. The Labute approximate surface area is 189 Å². The van der Waals surface area contributed by atoms with Crippen molar-refractivity contribution >= 4 is 34.9 Å². The van der Waals surface area contributed by atoms with E-state index in [-0.39, 0.29) is 18.4 Å². The summed E-state index contributed by atoms with van der Waals surface area (Å²) in [4.78, 5) is 13.1. The van der Waals surface area contributed by atoms with Crippen LogP contribution in [0, 0.1) is 6.92 Å². The van der Waals surface area contributed by atoms with Gasteiger partial charge < -0.3 is 5.32 Å². The first-order valence-electron chi connectivity index (χ1n) is 9.94. The van der Waals surface area contributed by atoms with Crippen LogP contribution in [0.3, 0.4) is 0 Å². The number of rotatable bonds is 8. The average molecular weight is 455 g/mol. The van der Waals surface area contributed by atoms with E-state index < -0.39 is 0 Å². The van der Waals surface area contributed by atoms with Crippen LogP contribution in [-0.4, -0.2) is 42.7 Å². The van der Waals surface area contributed by atoms with E-state index in [1.807, 2.05) is 66.2 Å². The van der Waals surface area contributed by atoms with E-state index in [4.69, 9.17) is 11.6 Å². The van der Waals surface area contributed by atoms with Crippen LogP contribution >= 0.6 is 23.4 Å². The van der Waals surface area contributed by atoms with Crippen molar-refractivity contribution in [3.05, 3.63) is 70.8 Å². The van der Waals surface area contributed by atoms with Crippen molar-refractivity contribution in [2.24, 2.45) is 0 Å². The van der Waals surface area contributed by atoms with Gasteiger partial charge in [0.15, 0.2) is 11.5 Å². The van der Waals surface area contributed by atoms with Crippen LogP contribution in [0.2, 0.25) is 5.02 Å². The molecule has 0 spiro atoms. The Balaban J connectivity index is 1.56. The number of carbonyl (C=O) groups is 1. The van der Waals surface area contributed by atoms with Gasteiger partial charge in [0.25, 0.3) is 0 Å². The van der Waals surface area contributed by atoms with Gasteiger partial charge in [0.05, 0.1) is 18.2 Å². The summed E-state index contributed by atoms with van der Waals surface area (Å²) in [6, 6.07) is 13.0. The molecule has 3 heterocycles. The number of nitrogens with zero attached hydrogens (tertiary/aromatic N) is 4. The van der Waals surface area contributed by atoms with E-state index in [1.54, 1.807) is 11.8 Å². The molecule has 4 rings (SSSR count). The van der Waals surface area contributed by atoms with Crippen LogP contribution in [0.4, 0.5) is 0 Å². The summed E-state index contributed by atoms with van der Waals surface area (Å²) < 4.78 is 1.92. The average Bonchev–Trinajstić information content (AvgIpc) is 3.36. The van der Waals surface area contributed by atoms with Crippen LogP contribution in [0.25, 0.3) is 16.9 Å². The summed E-state index contributed by atoms with van der Waals surface area (Å²) in [6.45, 7) is 1.92. The molecule has 0 fully saturated rings. The fraction of sp³-hybridized carbons (Fsp3) is 0.273. The third-order valence-corrected chi connectivity index (χ3v) is 6.02. The van der Waals surface area contributed by atoms with Crippen LogP contribution in [0.5, 0.6) is 0 Å². The van der Waals surface area contributed by atoms with Crippen molar-refractivity contribution in [1.82, 2.24) is 30.1 Å². The SMILES string of the molecule is CSCC[C@H](NC(=O)Cc1c(-c2ccc(Cl)cc2)n[nH]c1C)c1nnc2ccccn12. The lowest BCUT2D eigenvalue weighted by molar-refractivity contribution is -0.121. The maximum atomic E-state index is 13.1. The molecular weight excluding hydrogens is 432 g/mol. The summed E-state index contributed by atoms with van der Waals surface area (Å²) in [5.74, 6) is 1.55. The van der Waals surface area contributed by atoms with Crippen molar-refractivity contribution < 1.29 is 4.79 Å². The lowest BCUT2D eigenvalue weighted by Crippen LogP contribution is -2.31. The van der Waals surface area contributed by atoms with E-state index >= 15 is 0 Å². The molecule has 0 aliphatic carbocycles. The number of nitrogens with one attached hydrogen (secondary N) is 2. The van der Waals surface area contributed by atoms with Gasteiger partial charge in [0.1, 0.15) is 0 Å². The summed E-state index contributed by atoms with van der Waals surface area (Å²) in [6.07, 6.45) is 4.94. The molecule has 0 bridgehead atoms. The van der Waals surface area contributed by atoms with Gasteiger partial charge in [0.2, 0.25) is 5.91 Å². The highest BCUT2D eigenvalue weighted by Crippen LogP contribution is 2.26. The zero-order chi connectivity index (χ0) is 21.8. The highest BCUT2D eigenvalue weighted by molar-refractivity contribution is 7.98. The van der Waals surface area contributed by atoms with E-state index in [9.17, 15) is 4.79 Å². The Morgan fingerprint density at radius 2 is 2.03 bits per heavy atom. The van der Waals surface area contributed by atoms with Gasteiger partial charge in [-0.2, -0.15) is 16.9 Å². The molecule has 9 heteroatoms. The summed E-state index contributed by atoms with van der Waals surface area (Å²) >= 11 is 7.74. The predicted octanol–water partition coefficient (Wildman–Crippen LogP) is 4.23. The van der Waals surface area contributed by atoms with Gasteiger partial charge in [-0.1, -0.05) is 29.8 Å². The normalized spacial score (nSPS) is 12.2. The Hall–Kier alpha value is -2.84. The number of fused-ring (bicyclic) bond motifs is 1. The number of hydrogen-bond acceptors (Lipinski definition) is 5. The van der Waals surface area contributed by atoms with Crippen molar-refractivity contribution in [2.45, 2.75) is 25.8 Å². The molecular formula is C22H23ClN6OS. The second-order valence-electron chi connectivity index (χ2n) is 7.25. The number of halogens is 1. The number of benzene rings is 1. The van der Waals surface area contributed by atoms with Gasteiger partial charge in [-0.15, -0.1) is 10.2 Å². The van der Waals surface area contributed by atoms with Gasteiger partial charge in [-0.05, 0) is 49.6 Å². The Morgan fingerprint density at radius 3 is 2.81 bits per heavy atom. The topological polar surface area (TPSA) is 88.0 Å². The third kappa shape index (κ3) is 4.75. The molecule has 1 amide bonds. The molecule has 7 nitrogen and oxygen atoms in total. The van der Waals surface area contributed by atoms with E-state index in [0.29, 0.717) is 5.02 Å². The van der Waals surface area contributed by atoms with Gasteiger partial charge >= 0.3 is 0 Å². The molecule has 160 valence electrons. The Morgan fingerprint density at radius 1 is 1.23 bits per heavy atom. The lowest BCUT2D eigenvalue weighted by atomic mass is 10.0. The number of pyridine rings is 1. The molecule has 0 aliphatic heterocycles. The van der Waals surface area contributed by atoms with Crippen LogP contribution < -0.4 is 5.32 Å². The summed E-state index contributed by atoms with van der Waals surface area (Å²) in [5.41, 5.74) is 4.18. The van der Waals surface area contributed by atoms with Crippen molar-refractivity contribution in [3.63, 3.8) is 0 Å². The maximum absolute atomic E-state index is 13.1. The molecule has 0 aliphatic rings. The Bertz CT molecular complexity index is 1190. The van der Waals surface area contributed by atoms with Crippen LogP contribution in [-0.2, 0) is 11.2 Å². The van der Waals surface area contributed by atoms with Gasteiger partial charge in [0, 0.05) is 28.0 Å². The molecule has 2 N–H and O–H groups in total. The predicted molar refractivity (Wildman–Crippen MR) is 124 cm³/mol. The summed E-state index contributed by atoms with van der Waals surface area (Å²) in [5, 5.41) is 19.8. The van der Waals surface area contributed by atoms with Crippen molar-refractivity contribution in [3.8, 4) is 11.3 Å². The Kier molecular flexibility index (Phi) is 6.58. The van der Waals surface area contributed by atoms with E-state index in [2.05, 4.69) is 25.7 Å². The molecule has 0 unspecified atom stereocenters. The van der Waals surface area contributed by atoms with Crippen LogP contribution in [0.1, 0.15) is 29.5 Å². The lowest BCUT2D eigenvalue weighted by Gasteiger charge is -2.17. The zero-order valence-corrected chi connectivity index (χ0v) is 18.9. The molecule has 1 aromatic carbocycles.